The van der Waals surface area contributed by atoms with Crippen LogP contribution in [0.4, 0.5) is 0 Å². The first-order valence-electron chi connectivity index (χ1n) is 3.93. The zero-order chi connectivity index (χ0) is 8.97. The van der Waals surface area contributed by atoms with E-state index in [-0.39, 0.29) is 5.25 Å². The molecule has 0 bridgehead atoms. The molecule has 1 heterocycles. The van der Waals surface area contributed by atoms with E-state index in [4.69, 9.17) is 0 Å². The Kier molecular flexibility index (Phi) is 4.08. The van der Waals surface area contributed by atoms with E-state index in [9.17, 15) is 4.21 Å². The van der Waals surface area contributed by atoms with E-state index >= 15 is 0 Å². The number of nitrogens with one attached hydrogen (secondary N) is 1. The Balaban J connectivity index is 2.20. The molecule has 0 aliphatic carbocycles. The molecule has 1 N–H and O–H groups in total. The van der Waals surface area contributed by atoms with Crippen LogP contribution in [0.1, 0.15) is 6.92 Å². The third-order valence-electron chi connectivity index (χ3n) is 1.69. The summed E-state index contributed by atoms with van der Waals surface area (Å²) in [5, 5.41) is 4.39. The fourth-order valence-electron chi connectivity index (χ4n) is 0.790. The number of hydrogen-bond donors (Lipinski definition) is 1. The molecule has 0 radical (unpaired) electrons. The molecule has 0 aromatic rings. The minimum atomic E-state index is -0.737. The largest absolute Gasteiger partial charge is 0.364 e. The Morgan fingerprint density at radius 3 is 3.08 bits per heavy atom. The first-order valence-corrected chi connectivity index (χ1v) is 6.54. The first kappa shape index (κ1) is 10.1. The molecule has 0 spiro atoms. The van der Waals surface area contributed by atoms with Gasteiger partial charge in [0.05, 0.1) is 6.54 Å². The number of aliphatic imine (C=N–C) groups is 1. The lowest BCUT2D eigenvalue weighted by molar-refractivity contribution is 0.674. The summed E-state index contributed by atoms with van der Waals surface area (Å²) in [6.45, 7) is 3.65. The zero-order valence-corrected chi connectivity index (χ0v) is 9.00. The Hall–Kier alpha value is -0.0300. The molecule has 1 rings (SSSR count). The van der Waals surface area contributed by atoms with Crippen LogP contribution >= 0.6 is 11.8 Å². The molecule has 1 aliphatic rings. The molecule has 0 fully saturated rings. The minimum Gasteiger partial charge on any atom is -0.364 e. The quantitative estimate of drug-likeness (QED) is 0.729. The summed E-state index contributed by atoms with van der Waals surface area (Å²) in [7, 11) is -0.737. The highest BCUT2D eigenvalue weighted by Gasteiger charge is 2.09. The highest BCUT2D eigenvalue weighted by Crippen LogP contribution is 2.08. The lowest BCUT2D eigenvalue weighted by atomic mass is 10.5. The standard InChI is InChI=1S/C7H14N2OS2/c1-6(12(2)10)5-9-7-8-3-4-11-7/h6H,3-5H2,1-2H3,(H,8,9). The summed E-state index contributed by atoms with van der Waals surface area (Å²) in [4.78, 5) is 4.24. The van der Waals surface area contributed by atoms with Crippen LogP contribution in [0.25, 0.3) is 0 Å². The summed E-state index contributed by atoms with van der Waals surface area (Å²) in [6, 6.07) is 0. The van der Waals surface area contributed by atoms with Crippen molar-refractivity contribution in [2.75, 3.05) is 25.1 Å². The van der Waals surface area contributed by atoms with Crippen LogP contribution in [-0.4, -0.2) is 39.7 Å². The summed E-state index contributed by atoms with van der Waals surface area (Å²) in [5.74, 6) is 1.08. The predicted octanol–water partition coefficient (Wildman–Crippen LogP) is 0.446. The van der Waals surface area contributed by atoms with Gasteiger partial charge in [-0.3, -0.25) is 9.20 Å². The van der Waals surface area contributed by atoms with Crippen molar-refractivity contribution in [1.82, 2.24) is 5.32 Å². The number of thioether (sulfide) groups is 1. The van der Waals surface area contributed by atoms with Crippen molar-refractivity contribution < 1.29 is 4.21 Å². The molecule has 0 aromatic heterocycles. The van der Waals surface area contributed by atoms with Crippen molar-refractivity contribution in [3.8, 4) is 0 Å². The van der Waals surface area contributed by atoms with E-state index in [1.807, 2.05) is 6.92 Å². The van der Waals surface area contributed by atoms with Crippen molar-refractivity contribution in [3.05, 3.63) is 0 Å². The molecule has 3 nitrogen and oxygen atoms in total. The topological polar surface area (TPSA) is 41.5 Å². The van der Waals surface area contributed by atoms with Gasteiger partial charge in [-0.1, -0.05) is 11.8 Å². The van der Waals surface area contributed by atoms with Crippen LogP contribution in [0, 0.1) is 0 Å². The van der Waals surface area contributed by atoms with Crippen molar-refractivity contribution in [2.45, 2.75) is 12.2 Å². The van der Waals surface area contributed by atoms with Gasteiger partial charge < -0.3 is 5.32 Å². The van der Waals surface area contributed by atoms with Crippen LogP contribution < -0.4 is 5.32 Å². The Labute approximate surface area is 79.9 Å². The molecule has 12 heavy (non-hydrogen) atoms. The van der Waals surface area contributed by atoms with Crippen LogP contribution in [-0.2, 0) is 10.8 Å². The van der Waals surface area contributed by atoms with Crippen LogP contribution in [0.5, 0.6) is 0 Å². The van der Waals surface area contributed by atoms with E-state index < -0.39 is 10.8 Å². The van der Waals surface area contributed by atoms with E-state index in [2.05, 4.69) is 10.3 Å². The van der Waals surface area contributed by atoms with Crippen LogP contribution in [0.15, 0.2) is 4.99 Å². The normalized spacial score (nSPS) is 21.7. The van der Waals surface area contributed by atoms with Crippen molar-refractivity contribution in [3.63, 3.8) is 0 Å². The van der Waals surface area contributed by atoms with Gasteiger partial charge in [0.15, 0.2) is 5.17 Å². The number of hydrogen-bond acceptors (Lipinski definition) is 4. The van der Waals surface area contributed by atoms with E-state index in [1.54, 1.807) is 18.0 Å². The summed E-state index contributed by atoms with van der Waals surface area (Å²) in [5.41, 5.74) is 0. The number of rotatable bonds is 3. The third kappa shape index (κ3) is 3.15. The van der Waals surface area contributed by atoms with Gasteiger partial charge in [-0.25, -0.2) is 0 Å². The zero-order valence-electron chi connectivity index (χ0n) is 7.37. The average Bonchev–Trinajstić information content (AvgIpc) is 2.51. The van der Waals surface area contributed by atoms with Gasteiger partial charge >= 0.3 is 0 Å². The van der Waals surface area contributed by atoms with Crippen LogP contribution in [0.2, 0.25) is 0 Å². The summed E-state index contributed by atoms with van der Waals surface area (Å²) in [6.07, 6.45) is 1.73. The molecule has 70 valence electrons. The average molecular weight is 206 g/mol. The highest BCUT2D eigenvalue weighted by molar-refractivity contribution is 8.14. The smallest absolute Gasteiger partial charge is 0.156 e. The predicted molar refractivity (Wildman–Crippen MR) is 56.3 cm³/mol. The summed E-state index contributed by atoms with van der Waals surface area (Å²) < 4.78 is 11.0. The van der Waals surface area contributed by atoms with Gasteiger partial charge in [-0.15, -0.1) is 0 Å². The van der Waals surface area contributed by atoms with Gasteiger partial charge in [0, 0.05) is 34.6 Å². The minimum absolute atomic E-state index is 0.203. The lowest BCUT2D eigenvalue weighted by Crippen LogP contribution is -2.30. The molecular weight excluding hydrogens is 192 g/mol. The second-order valence-corrected chi connectivity index (χ2v) is 5.61. The van der Waals surface area contributed by atoms with Gasteiger partial charge in [0.25, 0.3) is 0 Å². The van der Waals surface area contributed by atoms with E-state index in [0.717, 1.165) is 24.0 Å². The molecule has 2 unspecified atom stereocenters. The second-order valence-electron chi connectivity index (χ2n) is 2.73. The molecule has 5 heteroatoms. The van der Waals surface area contributed by atoms with Crippen LogP contribution in [0.3, 0.4) is 0 Å². The SMILES string of the molecule is CC(CNC1=NCCS1)S(C)=O. The van der Waals surface area contributed by atoms with E-state index in [0.29, 0.717) is 0 Å². The number of amidine groups is 1. The second kappa shape index (κ2) is 4.87. The monoisotopic (exact) mass is 206 g/mol. The maximum atomic E-state index is 11.0. The summed E-state index contributed by atoms with van der Waals surface area (Å²) >= 11 is 1.74. The van der Waals surface area contributed by atoms with Gasteiger partial charge in [0.2, 0.25) is 0 Å². The molecule has 0 saturated heterocycles. The van der Waals surface area contributed by atoms with E-state index in [1.165, 1.54) is 0 Å². The highest BCUT2D eigenvalue weighted by atomic mass is 32.2. The Morgan fingerprint density at radius 1 is 1.83 bits per heavy atom. The molecular formula is C7H14N2OS2. The van der Waals surface area contributed by atoms with Crippen molar-refractivity contribution >= 4 is 27.7 Å². The molecule has 2 atom stereocenters. The Bertz CT molecular complexity index is 206. The fraction of sp³-hybridized carbons (Fsp3) is 0.857. The first-order chi connectivity index (χ1) is 5.70. The molecule has 0 saturated carbocycles. The number of nitrogens with zero attached hydrogens (tertiary/aromatic N) is 1. The molecule has 0 aromatic carbocycles. The third-order valence-corrected chi connectivity index (χ3v) is 3.93. The van der Waals surface area contributed by atoms with Crippen molar-refractivity contribution in [1.29, 1.82) is 0 Å². The van der Waals surface area contributed by atoms with Crippen molar-refractivity contribution in [2.24, 2.45) is 4.99 Å². The molecule has 1 aliphatic heterocycles. The fourth-order valence-corrected chi connectivity index (χ4v) is 1.85. The van der Waals surface area contributed by atoms with Gasteiger partial charge in [-0.2, -0.15) is 0 Å². The molecule has 0 amide bonds. The Morgan fingerprint density at radius 2 is 2.58 bits per heavy atom. The maximum absolute atomic E-state index is 11.0. The maximum Gasteiger partial charge on any atom is 0.156 e. The lowest BCUT2D eigenvalue weighted by Gasteiger charge is -2.09. The van der Waals surface area contributed by atoms with Gasteiger partial charge in [-0.05, 0) is 6.92 Å². The van der Waals surface area contributed by atoms with Gasteiger partial charge in [0.1, 0.15) is 0 Å².